The van der Waals surface area contributed by atoms with Gasteiger partial charge in [-0.25, -0.2) is 4.79 Å². The highest BCUT2D eigenvalue weighted by atomic mass is 35.5. The summed E-state index contributed by atoms with van der Waals surface area (Å²) in [5.74, 6) is 0.469. The first-order valence-corrected chi connectivity index (χ1v) is 14.0. The highest BCUT2D eigenvalue weighted by molar-refractivity contribution is 5.85. The largest absolute Gasteiger partial charge is 0.465 e. The number of halogens is 1. The number of carbonyl (C=O) groups excluding carboxylic acids is 1. The Hall–Kier alpha value is -1.79. The van der Waals surface area contributed by atoms with Crippen molar-refractivity contribution in [1.82, 2.24) is 15.1 Å². The summed E-state index contributed by atoms with van der Waals surface area (Å²) in [5.41, 5.74) is 1.45. The summed E-state index contributed by atoms with van der Waals surface area (Å²) < 4.78 is 0. The lowest BCUT2D eigenvalue weighted by molar-refractivity contribution is -0.133. The Bertz CT molecular complexity index is 696. The molecule has 1 saturated heterocycles. The zero-order valence-electron chi connectivity index (χ0n) is 22.5. The van der Waals surface area contributed by atoms with Crippen molar-refractivity contribution >= 4 is 24.4 Å². The average Bonchev–Trinajstić information content (AvgIpc) is 2.86. The maximum absolute atomic E-state index is 12.5. The van der Waals surface area contributed by atoms with E-state index in [1.165, 1.54) is 69.8 Å². The molecule has 7 heteroatoms. The Morgan fingerprint density at radius 2 is 1.39 bits per heavy atom. The standard InChI is InChI=1S/C29H49N3O3.ClH/c1-31-21-23-32(24-22-31)28(33)20-19-27(25-30-29(34)35)18-12-9-7-5-3-2-4-6-8-11-15-26-16-13-10-14-17-26;/h10,13-14,16-17,27,30H,2-9,11-12,15,18-25H2,1H3,(H,34,35);1H. The Morgan fingerprint density at radius 3 is 1.97 bits per heavy atom. The lowest BCUT2D eigenvalue weighted by atomic mass is 9.95. The van der Waals surface area contributed by atoms with Crippen molar-refractivity contribution in [2.24, 2.45) is 5.92 Å². The third-order valence-electron chi connectivity index (χ3n) is 7.34. The molecule has 2 rings (SSSR count). The van der Waals surface area contributed by atoms with Crippen molar-refractivity contribution in [3.8, 4) is 0 Å². The van der Waals surface area contributed by atoms with E-state index in [1.807, 2.05) is 4.90 Å². The molecule has 1 aliphatic heterocycles. The van der Waals surface area contributed by atoms with Crippen LogP contribution in [0.15, 0.2) is 30.3 Å². The van der Waals surface area contributed by atoms with Crippen molar-refractivity contribution < 1.29 is 14.7 Å². The molecule has 0 radical (unpaired) electrons. The highest BCUT2D eigenvalue weighted by Gasteiger charge is 2.20. The lowest BCUT2D eigenvalue weighted by Crippen LogP contribution is -2.47. The van der Waals surface area contributed by atoms with Gasteiger partial charge >= 0.3 is 6.09 Å². The SMILES string of the molecule is CN1CCN(C(=O)CCC(CCCCCCCCCCCCc2ccccc2)CNC(=O)O)CC1.Cl. The molecule has 0 saturated carbocycles. The van der Waals surface area contributed by atoms with Gasteiger partial charge in [-0.1, -0.05) is 88.1 Å². The number of hydrogen-bond donors (Lipinski definition) is 2. The van der Waals surface area contributed by atoms with E-state index < -0.39 is 6.09 Å². The maximum atomic E-state index is 12.5. The van der Waals surface area contributed by atoms with Gasteiger partial charge in [-0.3, -0.25) is 4.79 Å². The van der Waals surface area contributed by atoms with Crippen LogP contribution in [0.25, 0.3) is 0 Å². The van der Waals surface area contributed by atoms with Crippen LogP contribution in [-0.4, -0.2) is 66.7 Å². The predicted molar refractivity (Wildman–Crippen MR) is 151 cm³/mol. The fraction of sp³-hybridized carbons (Fsp3) is 0.724. The van der Waals surface area contributed by atoms with E-state index in [2.05, 4.69) is 47.6 Å². The van der Waals surface area contributed by atoms with E-state index in [9.17, 15) is 9.59 Å². The molecule has 36 heavy (non-hydrogen) atoms. The molecule has 1 fully saturated rings. The average molecular weight is 524 g/mol. The molecule has 0 bridgehead atoms. The predicted octanol–water partition coefficient (Wildman–Crippen LogP) is 6.38. The monoisotopic (exact) mass is 523 g/mol. The van der Waals surface area contributed by atoms with Gasteiger partial charge in [0.25, 0.3) is 0 Å². The molecule has 1 aromatic rings. The molecule has 0 spiro atoms. The van der Waals surface area contributed by atoms with Crippen LogP contribution in [0.2, 0.25) is 0 Å². The summed E-state index contributed by atoms with van der Waals surface area (Å²) >= 11 is 0. The van der Waals surface area contributed by atoms with Crippen LogP contribution in [0, 0.1) is 5.92 Å². The third-order valence-corrected chi connectivity index (χ3v) is 7.34. The van der Waals surface area contributed by atoms with E-state index in [1.54, 1.807) is 0 Å². The number of piperazine rings is 1. The second kappa shape index (κ2) is 20.3. The zero-order chi connectivity index (χ0) is 25.1. The van der Waals surface area contributed by atoms with Crippen molar-refractivity contribution in [2.75, 3.05) is 39.8 Å². The summed E-state index contributed by atoms with van der Waals surface area (Å²) in [6.45, 7) is 3.94. The molecule has 1 aliphatic rings. The molecule has 2 N–H and O–H groups in total. The molecule has 0 aliphatic carbocycles. The molecule has 206 valence electrons. The van der Waals surface area contributed by atoms with Gasteiger partial charge in [0.05, 0.1) is 0 Å². The maximum Gasteiger partial charge on any atom is 0.404 e. The number of rotatable bonds is 18. The molecule has 1 heterocycles. The van der Waals surface area contributed by atoms with Crippen LogP contribution in [0.1, 0.15) is 89.0 Å². The summed E-state index contributed by atoms with van der Waals surface area (Å²) in [4.78, 5) is 27.7. The minimum atomic E-state index is -0.972. The Morgan fingerprint density at radius 1 is 0.833 bits per heavy atom. The molecular weight excluding hydrogens is 474 g/mol. The molecular formula is C29H50ClN3O3. The minimum absolute atomic E-state index is 0. The van der Waals surface area contributed by atoms with Crippen LogP contribution < -0.4 is 5.32 Å². The van der Waals surface area contributed by atoms with Crippen molar-refractivity contribution in [3.63, 3.8) is 0 Å². The Kier molecular flexibility index (Phi) is 18.2. The quantitative estimate of drug-likeness (QED) is 0.219. The second-order valence-corrected chi connectivity index (χ2v) is 10.3. The number of carboxylic acid groups (broad SMARTS) is 1. The number of carbonyl (C=O) groups is 2. The van der Waals surface area contributed by atoms with Gasteiger partial charge in [-0.2, -0.15) is 0 Å². The van der Waals surface area contributed by atoms with Crippen molar-refractivity contribution in [1.29, 1.82) is 0 Å². The smallest absolute Gasteiger partial charge is 0.404 e. The van der Waals surface area contributed by atoms with Crippen molar-refractivity contribution in [3.05, 3.63) is 35.9 Å². The normalized spacial score (nSPS) is 14.8. The summed E-state index contributed by atoms with van der Waals surface area (Å²) in [6.07, 6.45) is 15.4. The van der Waals surface area contributed by atoms with Gasteiger partial charge in [0, 0.05) is 39.1 Å². The van der Waals surface area contributed by atoms with Gasteiger partial charge in [0.15, 0.2) is 0 Å². The van der Waals surface area contributed by atoms with Gasteiger partial charge in [0.2, 0.25) is 5.91 Å². The fourth-order valence-electron chi connectivity index (χ4n) is 4.94. The van der Waals surface area contributed by atoms with Gasteiger partial charge in [0.1, 0.15) is 0 Å². The van der Waals surface area contributed by atoms with E-state index in [0.717, 1.165) is 45.4 Å². The second-order valence-electron chi connectivity index (χ2n) is 10.3. The molecule has 1 unspecified atom stereocenters. The Balaban J connectivity index is 0.00000648. The van der Waals surface area contributed by atoms with E-state index in [0.29, 0.717) is 13.0 Å². The van der Waals surface area contributed by atoms with Crippen LogP contribution in [0.5, 0.6) is 0 Å². The highest BCUT2D eigenvalue weighted by Crippen LogP contribution is 2.18. The first-order valence-electron chi connectivity index (χ1n) is 14.0. The molecule has 6 nitrogen and oxygen atoms in total. The number of likely N-dealkylation sites (N-methyl/N-ethyl adjacent to an activating group) is 1. The van der Waals surface area contributed by atoms with Crippen LogP contribution in [0.4, 0.5) is 4.79 Å². The lowest BCUT2D eigenvalue weighted by Gasteiger charge is -2.32. The first-order chi connectivity index (χ1) is 17.0. The Labute approximate surface area is 225 Å². The topological polar surface area (TPSA) is 72.9 Å². The van der Waals surface area contributed by atoms with Crippen molar-refractivity contribution in [2.45, 2.75) is 89.9 Å². The summed E-state index contributed by atoms with van der Waals surface area (Å²) in [7, 11) is 2.09. The fourth-order valence-corrected chi connectivity index (χ4v) is 4.94. The van der Waals surface area contributed by atoms with Gasteiger partial charge < -0.3 is 20.2 Å². The molecule has 1 aromatic carbocycles. The van der Waals surface area contributed by atoms with Gasteiger partial charge in [-0.15, -0.1) is 12.4 Å². The third kappa shape index (κ3) is 15.4. The number of hydrogen-bond acceptors (Lipinski definition) is 3. The van der Waals surface area contributed by atoms with E-state index >= 15 is 0 Å². The molecule has 2 amide bonds. The summed E-state index contributed by atoms with van der Waals surface area (Å²) in [5, 5.41) is 11.5. The molecule has 1 atom stereocenters. The van der Waals surface area contributed by atoms with Crippen LogP contribution in [0.3, 0.4) is 0 Å². The number of aryl methyl sites for hydroxylation is 1. The van der Waals surface area contributed by atoms with E-state index in [-0.39, 0.29) is 24.2 Å². The van der Waals surface area contributed by atoms with E-state index in [4.69, 9.17) is 5.11 Å². The minimum Gasteiger partial charge on any atom is -0.465 e. The first kappa shape index (κ1) is 32.2. The number of nitrogens with zero attached hydrogens (tertiary/aromatic N) is 2. The molecule has 0 aromatic heterocycles. The number of amides is 2. The van der Waals surface area contributed by atoms with Crippen LogP contribution >= 0.6 is 12.4 Å². The number of benzene rings is 1. The number of unbranched alkanes of at least 4 members (excludes halogenated alkanes) is 9. The van der Waals surface area contributed by atoms with Crippen LogP contribution in [-0.2, 0) is 11.2 Å². The summed E-state index contributed by atoms with van der Waals surface area (Å²) in [6, 6.07) is 10.8. The number of nitrogens with one attached hydrogen (secondary N) is 1. The van der Waals surface area contributed by atoms with Gasteiger partial charge in [-0.05, 0) is 44.2 Å². The zero-order valence-corrected chi connectivity index (χ0v) is 23.3.